The lowest BCUT2D eigenvalue weighted by Gasteiger charge is -2.12. The standard InChI is InChI=1S/C16H15I2NO5S/c1-23-11-3-5-12(6-4-11)24-16-13(17)7-10(8-14(16)18)9-15(20)19-25(2,21)22/h3-8H,9H2,1-2H3,(H,19,20). The number of ether oxygens (including phenoxy) is 2. The number of carbonyl (C=O) groups is 1. The van der Waals surface area contributed by atoms with Crippen molar-refractivity contribution in [3.8, 4) is 17.2 Å². The molecule has 6 nitrogen and oxygen atoms in total. The number of rotatable bonds is 6. The highest BCUT2D eigenvalue weighted by atomic mass is 127. The molecule has 1 amide bonds. The summed E-state index contributed by atoms with van der Waals surface area (Å²) in [5.74, 6) is 1.51. The SMILES string of the molecule is COc1ccc(Oc2c(I)cc(CC(=O)NS(C)(=O)=O)cc2I)cc1. The van der Waals surface area contributed by atoms with Gasteiger partial charge in [0.05, 0.1) is 26.9 Å². The maximum absolute atomic E-state index is 11.7. The van der Waals surface area contributed by atoms with Crippen LogP contribution in [0.15, 0.2) is 36.4 Å². The molecule has 0 aliphatic carbocycles. The molecule has 25 heavy (non-hydrogen) atoms. The highest BCUT2D eigenvalue weighted by molar-refractivity contribution is 14.1. The number of amides is 1. The zero-order chi connectivity index (χ0) is 18.6. The molecule has 0 saturated heterocycles. The van der Waals surface area contributed by atoms with E-state index in [4.69, 9.17) is 9.47 Å². The van der Waals surface area contributed by atoms with Crippen molar-refractivity contribution >= 4 is 61.1 Å². The van der Waals surface area contributed by atoms with Gasteiger partial charge in [0, 0.05) is 0 Å². The summed E-state index contributed by atoms with van der Waals surface area (Å²) in [6, 6.07) is 10.8. The third-order valence-corrected chi connectivity index (χ3v) is 5.20. The average molecular weight is 587 g/mol. The van der Waals surface area contributed by atoms with Gasteiger partial charge in [0.2, 0.25) is 15.9 Å². The molecule has 0 spiro atoms. The van der Waals surface area contributed by atoms with E-state index < -0.39 is 15.9 Å². The molecule has 0 unspecified atom stereocenters. The second kappa shape index (κ2) is 8.54. The first kappa shape index (κ1) is 20.2. The molecule has 2 rings (SSSR count). The second-order valence-corrected chi connectivity index (χ2v) is 9.21. The van der Waals surface area contributed by atoms with Crippen LogP contribution in [0, 0.1) is 7.14 Å². The molecule has 2 aromatic carbocycles. The molecule has 0 saturated carbocycles. The number of benzene rings is 2. The summed E-state index contributed by atoms with van der Waals surface area (Å²) in [5.41, 5.74) is 0.706. The number of carbonyl (C=O) groups excluding carboxylic acids is 1. The number of sulfonamides is 1. The fourth-order valence-corrected chi connectivity index (χ4v) is 4.60. The number of hydrogen-bond acceptors (Lipinski definition) is 5. The van der Waals surface area contributed by atoms with Crippen molar-refractivity contribution in [2.45, 2.75) is 6.42 Å². The maximum atomic E-state index is 11.7. The fourth-order valence-electron chi connectivity index (χ4n) is 2.00. The molecular formula is C16H15I2NO5S. The average Bonchev–Trinajstić information content (AvgIpc) is 2.49. The zero-order valence-corrected chi connectivity index (χ0v) is 18.5. The molecule has 2 aromatic rings. The van der Waals surface area contributed by atoms with Gasteiger partial charge in [0.15, 0.2) is 5.75 Å². The number of halogens is 2. The van der Waals surface area contributed by atoms with Gasteiger partial charge in [-0.15, -0.1) is 0 Å². The van der Waals surface area contributed by atoms with E-state index in [1.54, 1.807) is 43.5 Å². The molecule has 0 fully saturated rings. The molecule has 0 radical (unpaired) electrons. The lowest BCUT2D eigenvalue weighted by molar-refractivity contribution is -0.118. The predicted octanol–water partition coefficient (Wildman–Crippen LogP) is 3.32. The van der Waals surface area contributed by atoms with Crippen LogP contribution in [0.25, 0.3) is 0 Å². The Bertz CT molecular complexity index is 859. The van der Waals surface area contributed by atoms with Gasteiger partial charge in [0.25, 0.3) is 0 Å². The summed E-state index contributed by atoms with van der Waals surface area (Å²) in [4.78, 5) is 11.7. The van der Waals surface area contributed by atoms with Gasteiger partial charge in [-0.05, 0) is 87.1 Å². The molecule has 0 aromatic heterocycles. The van der Waals surface area contributed by atoms with Crippen LogP contribution < -0.4 is 14.2 Å². The van der Waals surface area contributed by atoms with Gasteiger partial charge in [-0.1, -0.05) is 0 Å². The van der Waals surface area contributed by atoms with Gasteiger partial charge >= 0.3 is 0 Å². The minimum Gasteiger partial charge on any atom is -0.497 e. The Hall–Kier alpha value is -1.08. The normalized spacial score (nSPS) is 11.0. The smallest absolute Gasteiger partial charge is 0.237 e. The molecule has 0 aliphatic heterocycles. The molecule has 0 bridgehead atoms. The fraction of sp³-hybridized carbons (Fsp3) is 0.188. The van der Waals surface area contributed by atoms with Crippen LogP contribution in [0.3, 0.4) is 0 Å². The number of methoxy groups -OCH3 is 1. The van der Waals surface area contributed by atoms with Crippen LogP contribution in [0.1, 0.15) is 5.56 Å². The second-order valence-electron chi connectivity index (χ2n) is 5.14. The first-order valence-electron chi connectivity index (χ1n) is 6.98. The van der Waals surface area contributed by atoms with E-state index >= 15 is 0 Å². The Kier molecular flexibility index (Phi) is 6.91. The van der Waals surface area contributed by atoms with Crippen molar-refractivity contribution in [3.05, 3.63) is 49.1 Å². The van der Waals surface area contributed by atoms with E-state index in [1.165, 1.54) is 0 Å². The van der Waals surface area contributed by atoms with E-state index in [9.17, 15) is 13.2 Å². The quantitative estimate of drug-likeness (QED) is 0.525. The van der Waals surface area contributed by atoms with Crippen LogP contribution >= 0.6 is 45.2 Å². The number of nitrogens with one attached hydrogen (secondary N) is 1. The molecule has 0 heterocycles. The van der Waals surface area contributed by atoms with E-state index in [0.29, 0.717) is 17.1 Å². The van der Waals surface area contributed by atoms with Gasteiger partial charge in [-0.2, -0.15) is 0 Å². The molecule has 1 N–H and O–H groups in total. The summed E-state index contributed by atoms with van der Waals surface area (Å²) >= 11 is 4.25. The number of hydrogen-bond donors (Lipinski definition) is 1. The maximum Gasteiger partial charge on any atom is 0.237 e. The van der Waals surface area contributed by atoms with Gasteiger partial charge in [-0.25, -0.2) is 8.42 Å². The summed E-state index contributed by atoms with van der Waals surface area (Å²) in [5, 5.41) is 0. The van der Waals surface area contributed by atoms with Crippen LogP contribution in [0.2, 0.25) is 0 Å². The summed E-state index contributed by atoms with van der Waals surface area (Å²) in [6.07, 6.45) is 0.923. The van der Waals surface area contributed by atoms with E-state index in [0.717, 1.165) is 19.1 Å². The summed E-state index contributed by atoms with van der Waals surface area (Å²) in [7, 11) is -1.96. The zero-order valence-electron chi connectivity index (χ0n) is 13.4. The Morgan fingerprint density at radius 1 is 1.08 bits per heavy atom. The Labute approximate surface area is 173 Å². The van der Waals surface area contributed by atoms with E-state index in [1.807, 2.05) is 4.72 Å². The largest absolute Gasteiger partial charge is 0.497 e. The molecule has 0 atom stereocenters. The molecule has 134 valence electrons. The minimum absolute atomic E-state index is 0.0259. The topological polar surface area (TPSA) is 81.7 Å². The Balaban J connectivity index is 2.17. The van der Waals surface area contributed by atoms with Crippen LogP contribution in [0.4, 0.5) is 0 Å². The minimum atomic E-state index is -3.56. The van der Waals surface area contributed by atoms with Crippen molar-refractivity contribution in [1.82, 2.24) is 4.72 Å². The van der Waals surface area contributed by atoms with Crippen molar-refractivity contribution in [2.75, 3.05) is 13.4 Å². The first-order valence-corrected chi connectivity index (χ1v) is 11.0. The molecular weight excluding hydrogens is 572 g/mol. The monoisotopic (exact) mass is 587 g/mol. The van der Waals surface area contributed by atoms with Crippen molar-refractivity contribution in [2.24, 2.45) is 0 Å². The van der Waals surface area contributed by atoms with Crippen LogP contribution in [0.5, 0.6) is 17.2 Å². The van der Waals surface area contributed by atoms with E-state index in [-0.39, 0.29) is 6.42 Å². The summed E-state index contributed by atoms with van der Waals surface area (Å²) < 4.78 is 36.8. The van der Waals surface area contributed by atoms with Gasteiger partial charge < -0.3 is 9.47 Å². The lowest BCUT2D eigenvalue weighted by atomic mass is 10.1. The molecule has 0 aliphatic rings. The highest BCUT2D eigenvalue weighted by Gasteiger charge is 2.14. The lowest BCUT2D eigenvalue weighted by Crippen LogP contribution is -2.30. The molecule has 9 heteroatoms. The predicted molar refractivity (Wildman–Crippen MR) is 112 cm³/mol. The highest BCUT2D eigenvalue weighted by Crippen LogP contribution is 2.33. The third-order valence-electron chi connectivity index (χ3n) is 3.00. The van der Waals surface area contributed by atoms with Gasteiger partial charge in [0.1, 0.15) is 11.5 Å². The first-order chi connectivity index (χ1) is 11.7. The van der Waals surface area contributed by atoms with Gasteiger partial charge in [-0.3, -0.25) is 9.52 Å². The van der Waals surface area contributed by atoms with Crippen LogP contribution in [-0.2, 0) is 21.2 Å². The van der Waals surface area contributed by atoms with Crippen molar-refractivity contribution in [3.63, 3.8) is 0 Å². The Morgan fingerprint density at radius 3 is 2.08 bits per heavy atom. The van der Waals surface area contributed by atoms with Crippen molar-refractivity contribution in [1.29, 1.82) is 0 Å². The summed E-state index contributed by atoms with van der Waals surface area (Å²) in [6.45, 7) is 0. The third kappa shape index (κ3) is 6.29. The Morgan fingerprint density at radius 2 is 1.60 bits per heavy atom. The van der Waals surface area contributed by atoms with Crippen molar-refractivity contribution < 1.29 is 22.7 Å². The van der Waals surface area contributed by atoms with Crippen LogP contribution in [-0.4, -0.2) is 27.7 Å². The van der Waals surface area contributed by atoms with E-state index in [2.05, 4.69) is 45.2 Å².